The van der Waals surface area contributed by atoms with Crippen molar-refractivity contribution in [3.63, 3.8) is 0 Å². The Kier molecular flexibility index (Phi) is 12.1. The number of halogens is 3. The fraction of sp³-hybridized carbons (Fsp3) is 0.500. The molecule has 1 fully saturated rings. The Morgan fingerprint density at radius 2 is 1.91 bits per heavy atom. The van der Waals surface area contributed by atoms with Gasteiger partial charge in [0.2, 0.25) is 11.8 Å². The smallest absolute Gasteiger partial charge is 0.251 e. The molecule has 0 radical (unpaired) electrons. The highest BCUT2D eigenvalue weighted by Crippen LogP contribution is 2.23. The van der Waals surface area contributed by atoms with Gasteiger partial charge < -0.3 is 21.7 Å². The highest BCUT2D eigenvalue weighted by Gasteiger charge is 2.30. The number of guanidine groups is 1. The van der Waals surface area contributed by atoms with Gasteiger partial charge in [-0.2, -0.15) is 0 Å². The molecule has 0 spiro atoms. The number of nitro groups is 1. The molecule has 1 aliphatic rings. The summed E-state index contributed by atoms with van der Waals surface area (Å²) in [7, 11) is 0. The van der Waals surface area contributed by atoms with E-state index in [1.165, 1.54) is 0 Å². The molecule has 1 heterocycles. The van der Waals surface area contributed by atoms with Crippen molar-refractivity contribution in [3.05, 3.63) is 38.4 Å². The fourth-order valence-corrected chi connectivity index (χ4v) is 3.63. The standard InChI is InChI=1S/C18H25Cl2N7O4.ClH/c19-11-6-12(20)8-13(7-11)25-17(29)15-9-14(10-23-15)24-16(28)4-2-1-3-5-22-18(21)26-27(30)31;/h6-8,14-15,23H,1-5,9-10H2,(H,24,28)(H,25,29)(H3,21,22,26);1H/t14-,15-;/m0./s1. The van der Waals surface area contributed by atoms with Gasteiger partial charge in [-0.25, -0.2) is 15.1 Å². The van der Waals surface area contributed by atoms with E-state index in [4.69, 9.17) is 28.9 Å². The lowest BCUT2D eigenvalue weighted by Crippen LogP contribution is -2.36. The largest absolute Gasteiger partial charge is 0.365 e. The van der Waals surface area contributed by atoms with Gasteiger partial charge in [0.05, 0.1) is 6.04 Å². The summed E-state index contributed by atoms with van der Waals surface area (Å²) in [5.41, 5.74) is 7.58. The summed E-state index contributed by atoms with van der Waals surface area (Å²) in [6, 6.07) is 4.23. The van der Waals surface area contributed by atoms with Gasteiger partial charge in [-0.15, -0.1) is 12.4 Å². The molecule has 0 unspecified atom stereocenters. The van der Waals surface area contributed by atoms with Gasteiger partial charge >= 0.3 is 0 Å². The first-order valence-corrected chi connectivity index (χ1v) is 10.5. The predicted octanol–water partition coefficient (Wildman–Crippen LogP) is 1.86. The van der Waals surface area contributed by atoms with Gasteiger partial charge in [-0.05, 0) is 37.5 Å². The Morgan fingerprint density at radius 3 is 2.56 bits per heavy atom. The lowest BCUT2D eigenvalue weighted by atomic mass is 10.1. The zero-order valence-corrected chi connectivity index (χ0v) is 19.4. The van der Waals surface area contributed by atoms with Crippen LogP contribution >= 0.6 is 35.6 Å². The van der Waals surface area contributed by atoms with E-state index in [-0.39, 0.29) is 36.2 Å². The number of unbranched alkanes of at least 4 members (excludes halogenated alkanes) is 2. The lowest BCUT2D eigenvalue weighted by molar-refractivity contribution is -0.525. The highest BCUT2D eigenvalue weighted by atomic mass is 35.5. The first-order valence-electron chi connectivity index (χ1n) is 9.73. The van der Waals surface area contributed by atoms with E-state index in [0.29, 0.717) is 54.5 Å². The molecule has 2 amide bonds. The molecule has 32 heavy (non-hydrogen) atoms. The number of hydrogen-bond donors (Lipinski definition) is 5. The molecule has 0 aromatic heterocycles. The van der Waals surface area contributed by atoms with Crippen molar-refractivity contribution in [3.8, 4) is 0 Å². The maximum Gasteiger partial charge on any atom is 0.251 e. The highest BCUT2D eigenvalue weighted by molar-refractivity contribution is 6.35. The molecular formula is C18H26Cl3N7O4. The number of rotatable bonds is 10. The number of anilines is 1. The van der Waals surface area contributed by atoms with Crippen LogP contribution in [0.1, 0.15) is 32.1 Å². The summed E-state index contributed by atoms with van der Waals surface area (Å²) in [5, 5.41) is 19.0. The molecule has 11 nitrogen and oxygen atoms in total. The average Bonchev–Trinajstić information content (AvgIpc) is 3.11. The van der Waals surface area contributed by atoms with Gasteiger partial charge in [0.25, 0.3) is 5.96 Å². The van der Waals surface area contributed by atoms with Crippen LogP contribution in [0, 0.1) is 10.1 Å². The Morgan fingerprint density at radius 1 is 1.22 bits per heavy atom. The normalized spacial score (nSPS) is 17.9. The monoisotopic (exact) mass is 509 g/mol. The SMILES string of the molecule is Cl.NC(=NCCCCCC(=O)N[C@@H]1CN[C@H](C(=O)Nc2cc(Cl)cc(Cl)c2)C1)N[N+](=O)[O-]. The first-order chi connectivity index (χ1) is 14.7. The van der Waals surface area contributed by atoms with Gasteiger partial charge in [0.1, 0.15) is 0 Å². The summed E-state index contributed by atoms with van der Waals surface area (Å²) in [6.07, 6.45) is 2.88. The van der Waals surface area contributed by atoms with Crippen LogP contribution in [0.5, 0.6) is 0 Å². The number of carbonyl (C=O) groups is 2. The number of nitrogens with zero attached hydrogens (tertiary/aromatic N) is 2. The van der Waals surface area contributed by atoms with Gasteiger partial charge in [-0.3, -0.25) is 9.59 Å². The van der Waals surface area contributed by atoms with E-state index in [1.807, 2.05) is 0 Å². The second kappa shape index (κ2) is 13.9. The van der Waals surface area contributed by atoms with Crippen molar-refractivity contribution in [2.24, 2.45) is 10.7 Å². The molecular weight excluding hydrogens is 485 g/mol. The molecule has 6 N–H and O–H groups in total. The minimum atomic E-state index is -0.776. The Balaban J connectivity index is 0.00000512. The van der Waals surface area contributed by atoms with Crippen molar-refractivity contribution >= 4 is 59.1 Å². The van der Waals surface area contributed by atoms with E-state index in [1.54, 1.807) is 23.6 Å². The molecule has 1 saturated heterocycles. The maximum atomic E-state index is 12.4. The Labute approximate surface area is 201 Å². The Hall–Kier alpha value is -2.34. The molecule has 0 saturated carbocycles. The van der Waals surface area contributed by atoms with Crippen molar-refractivity contribution in [1.29, 1.82) is 0 Å². The molecule has 0 aliphatic carbocycles. The molecule has 0 bridgehead atoms. The topological polar surface area (TPSA) is 164 Å². The number of aliphatic imine (C=N–C) groups is 1. The molecule has 1 aromatic rings. The molecule has 2 atom stereocenters. The summed E-state index contributed by atoms with van der Waals surface area (Å²) in [4.78, 5) is 38.5. The van der Waals surface area contributed by atoms with E-state index in [9.17, 15) is 19.7 Å². The quantitative estimate of drug-likeness (QED) is 0.105. The van der Waals surface area contributed by atoms with Crippen LogP contribution in [0.25, 0.3) is 0 Å². The van der Waals surface area contributed by atoms with Crippen LogP contribution < -0.4 is 27.1 Å². The van der Waals surface area contributed by atoms with Crippen LogP contribution in [0.2, 0.25) is 10.0 Å². The van der Waals surface area contributed by atoms with Crippen LogP contribution in [0.4, 0.5) is 5.69 Å². The van der Waals surface area contributed by atoms with E-state index in [2.05, 4.69) is 20.9 Å². The summed E-state index contributed by atoms with van der Waals surface area (Å²) in [6.45, 7) is 0.840. The summed E-state index contributed by atoms with van der Waals surface area (Å²) in [5.74, 6) is -0.553. The molecule has 178 valence electrons. The van der Waals surface area contributed by atoms with Gasteiger partial charge in [0, 0.05) is 41.3 Å². The molecule has 14 heteroatoms. The van der Waals surface area contributed by atoms with Gasteiger partial charge in [-0.1, -0.05) is 35.0 Å². The third-order valence-corrected chi connectivity index (χ3v) is 4.93. The minimum Gasteiger partial charge on any atom is -0.365 e. The average molecular weight is 511 g/mol. The van der Waals surface area contributed by atoms with Gasteiger partial charge in [0.15, 0.2) is 5.03 Å². The Bertz CT molecular complexity index is 821. The summed E-state index contributed by atoms with van der Waals surface area (Å²) >= 11 is 11.9. The molecule has 1 aromatic carbocycles. The second-order valence-electron chi connectivity index (χ2n) is 7.05. The van der Waals surface area contributed by atoms with Crippen molar-refractivity contribution in [2.75, 3.05) is 18.4 Å². The number of carbonyl (C=O) groups excluding carboxylic acids is 2. The van der Waals surface area contributed by atoms with Crippen molar-refractivity contribution < 1.29 is 14.6 Å². The molecule has 2 rings (SSSR count). The predicted molar refractivity (Wildman–Crippen MR) is 126 cm³/mol. The second-order valence-corrected chi connectivity index (χ2v) is 7.93. The minimum absolute atomic E-state index is 0. The fourth-order valence-electron chi connectivity index (χ4n) is 3.10. The third-order valence-electron chi connectivity index (χ3n) is 4.49. The van der Waals surface area contributed by atoms with Crippen molar-refractivity contribution in [2.45, 2.75) is 44.2 Å². The zero-order chi connectivity index (χ0) is 22.8. The van der Waals surface area contributed by atoms with E-state index < -0.39 is 11.1 Å². The zero-order valence-electron chi connectivity index (χ0n) is 17.1. The van der Waals surface area contributed by atoms with E-state index in [0.717, 1.165) is 6.42 Å². The van der Waals surface area contributed by atoms with Crippen LogP contribution in [-0.4, -0.2) is 48.0 Å². The first kappa shape index (κ1) is 27.7. The maximum absolute atomic E-state index is 12.4. The van der Waals surface area contributed by atoms with Crippen LogP contribution in [0.15, 0.2) is 23.2 Å². The van der Waals surface area contributed by atoms with Crippen molar-refractivity contribution in [1.82, 2.24) is 16.1 Å². The number of benzene rings is 1. The number of amides is 2. The van der Waals surface area contributed by atoms with Crippen LogP contribution in [0.3, 0.4) is 0 Å². The number of hydrogen-bond acceptors (Lipinski definition) is 6. The number of nitrogens with one attached hydrogen (secondary N) is 4. The number of hydrazine groups is 1. The molecule has 1 aliphatic heterocycles. The van der Waals surface area contributed by atoms with E-state index >= 15 is 0 Å². The lowest BCUT2D eigenvalue weighted by Gasteiger charge is -2.13. The van der Waals surface area contributed by atoms with Crippen LogP contribution in [-0.2, 0) is 9.59 Å². The number of nitrogens with two attached hydrogens (primary N) is 1. The third kappa shape index (κ3) is 10.3. The summed E-state index contributed by atoms with van der Waals surface area (Å²) < 4.78 is 0.